The lowest BCUT2D eigenvalue weighted by atomic mass is 10.1. The predicted octanol–water partition coefficient (Wildman–Crippen LogP) is 6.71. The van der Waals surface area contributed by atoms with Crippen molar-refractivity contribution in [3.8, 4) is 0 Å². The number of nitrogens with one attached hydrogen (secondary N) is 1. The molecule has 0 aliphatic carbocycles. The zero-order valence-electron chi connectivity index (χ0n) is 20.3. The van der Waals surface area contributed by atoms with E-state index in [1.807, 2.05) is 58.9 Å². The zero-order chi connectivity index (χ0) is 24.4. The van der Waals surface area contributed by atoms with Gasteiger partial charge in [0, 0.05) is 29.4 Å². The van der Waals surface area contributed by atoms with Crippen molar-refractivity contribution < 1.29 is 19.1 Å². The number of anilines is 1. The van der Waals surface area contributed by atoms with Crippen molar-refractivity contribution >= 4 is 39.6 Å². The Morgan fingerprint density at radius 3 is 2.58 bits per heavy atom. The van der Waals surface area contributed by atoms with Gasteiger partial charge in [0.1, 0.15) is 12.2 Å². The second-order valence-corrected chi connectivity index (χ2v) is 9.76. The molecule has 1 heterocycles. The van der Waals surface area contributed by atoms with Crippen molar-refractivity contribution in [2.45, 2.75) is 57.9 Å². The van der Waals surface area contributed by atoms with Crippen LogP contribution in [0.25, 0.3) is 10.8 Å². The third-order valence-electron chi connectivity index (χ3n) is 4.91. The van der Waals surface area contributed by atoms with Crippen LogP contribution in [0.1, 0.15) is 41.0 Å². The fourth-order valence-corrected chi connectivity index (χ4v) is 4.73. The van der Waals surface area contributed by atoms with Crippen molar-refractivity contribution in [3.63, 3.8) is 0 Å². The normalized spacial score (nSPS) is 17.7. The van der Waals surface area contributed by atoms with Gasteiger partial charge in [-0.2, -0.15) is 0 Å². The largest absolute Gasteiger partial charge is 0.452 e. The van der Waals surface area contributed by atoms with Crippen molar-refractivity contribution in [3.05, 3.63) is 55.1 Å². The fourth-order valence-electron chi connectivity index (χ4n) is 3.61. The van der Waals surface area contributed by atoms with Gasteiger partial charge in [-0.1, -0.05) is 62.9 Å². The van der Waals surface area contributed by atoms with E-state index in [4.69, 9.17) is 9.47 Å². The quantitative estimate of drug-likeness (QED) is 0.372. The summed E-state index contributed by atoms with van der Waals surface area (Å²) in [5.41, 5.74) is 0.474. The monoisotopic (exact) mass is 472 g/mol. The molecule has 0 spiro atoms. The topological polar surface area (TPSA) is 67.9 Å². The predicted molar refractivity (Wildman–Crippen MR) is 138 cm³/mol. The Bertz CT molecular complexity index is 936. The van der Waals surface area contributed by atoms with Crippen LogP contribution in [0, 0.1) is 0 Å². The van der Waals surface area contributed by atoms with Gasteiger partial charge in [-0.25, -0.2) is 9.59 Å². The summed E-state index contributed by atoms with van der Waals surface area (Å²) in [7, 11) is 0. The number of fused-ring (bicyclic) bond motifs is 1. The fraction of sp³-hybridized carbons (Fsp3) is 0.462. The second-order valence-electron chi connectivity index (χ2n) is 8.52. The van der Waals surface area contributed by atoms with Gasteiger partial charge in [0.05, 0.1) is 6.04 Å². The molecular formula is C26H36N2O4S. The third-order valence-corrected chi connectivity index (χ3v) is 5.86. The lowest BCUT2D eigenvalue weighted by molar-refractivity contribution is 0.0736. The average Bonchev–Trinajstić information content (AvgIpc) is 3.18. The number of hydrogen-bond acceptors (Lipinski definition) is 6. The maximum atomic E-state index is 12.6. The molecule has 0 bridgehead atoms. The van der Waals surface area contributed by atoms with Crippen LogP contribution in [0.4, 0.5) is 15.3 Å². The number of carbonyl (C=O) groups is 2. The van der Waals surface area contributed by atoms with Crippen molar-refractivity contribution in [2.75, 3.05) is 25.0 Å². The molecule has 0 radical (unpaired) electrons. The Morgan fingerprint density at radius 1 is 1.18 bits per heavy atom. The van der Waals surface area contributed by atoms with Gasteiger partial charge < -0.3 is 19.7 Å². The van der Waals surface area contributed by atoms with Crippen LogP contribution >= 0.6 is 11.8 Å². The molecule has 1 aliphatic rings. The molecule has 7 heteroatoms. The molecule has 6 nitrogen and oxygen atoms in total. The number of rotatable bonds is 6. The molecule has 0 unspecified atom stereocenters. The highest BCUT2D eigenvalue weighted by atomic mass is 32.2. The number of nitrogens with zero attached hydrogens (tertiary/aromatic N) is 1. The Morgan fingerprint density at radius 2 is 1.88 bits per heavy atom. The van der Waals surface area contributed by atoms with E-state index in [9.17, 15) is 9.59 Å². The van der Waals surface area contributed by atoms with Crippen LogP contribution in [0.15, 0.2) is 55.1 Å². The Balaban J connectivity index is 0.00000187. The first-order valence-corrected chi connectivity index (χ1v) is 12.3. The number of amides is 1. The molecule has 2 aromatic rings. The molecule has 1 fully saturated rings. The molecule has 2 aromatic carbocycles. The number of likely N-dealkylation sites (tertiary alicyclic amines) is 1. The molecule has 1 saturated heterocycles. The molecule has 33 heavy (non-hydrogen) atoms. The molecule has 3 rings (SSSR count). The summed E-state index contributed by atoms with van der Waals surface area (Å²) in [6.07, 6.45) is 1.83. The highest BCUT2D eigenvalue weighted by Gasteiger charge is 2.38. The van der Waals surface area contributed by atoms with Crippen LogP contribution in [0.2, 0.25) is 0 Å². The Hall–Kier alpha value is -2.67. The van der Waals surface area contributed by atoms with E-state index < -0.39 is 11.7 Å². The van der Waals surface area contributed by atoms with Gasteiger partial charge in [-0.05, 0) is 50.4 Å². The first-order valence-electron chi connectivity index (χ1n) is 11.4. The van der Waals surface area contributed by atoms with Gasteiger partial charge in [-0.15, -0.1) is 0 Å². The van der Waals surface area contributed by atoms with Crippen LogP contribution in [0.5, 0.6) is 0 Å². The van der Waals surface area contributed by atoms with Gasteiger partial charge in [-0.3, -0.25) is 0 Å². The molecule has 0 saturated carbocycles. The number of benzene rings is 2. The molecule has 1 amide bonds. The average molecular weight is 473 g/mol. The highest BCUT2D eigenvalue weighted by molar-refractivity contribution is 8.13. The van der Waals surface area contributed by atoms with Crippen molar-refractivity contribution in [1.29, 1.82) is 0 Å². The maximum Gasteiger partial charge on any atom is 0.410 e. The first kappa shape index (κ1) is 26.6. The van der Waals surface area contributed by atoms with Crippen LogP contribution in [0.3, 0.4) is 0 Å². The molecule has 180 valence electrons. The van der Waals surface area contributed by atoms with E-state index in [1.165, 1.54) is 0 Å². The lowest BCUT2D eigenvalue weighted by Gasteiger charge is -2.24. The first-order chi connectivity index (χ1) is 15.8. The van der Waals surface area contributed by atoms with E-state index in [2.05, 4.69) is 30.1 Å². The van der Waals surface area contributed by atoms with Crippen LogP contribution in [-0.2, 0) is 9.47 Å². The number of ether oxygens (including phenoxy) is 2. The minimum atomic E-state index is -0.541. The minimum absolute atomic E-state index is 0.0505. The van der Waals surface area contributed by atoms with Crippen LogP contribution < -0.4 is 5.32 Å². The summed E-state index contributed by atoms with van der Waals surface area (Å²) in [6.45, 7) is 14.3. The molecule has 1 aliphatic heterocycles. The van der Waals surface area contributed by atoms with E-state index >= 15 is 0 Å². The Labute approximate surface area is 201 Å². The summed E-state index contributed by atoms with van der Waals surface area (Å²) >= 11 is 1.15. The second kappa shape index (κ2) is 12.5. The SMILES string of the molecule is C=CCOC(=O)N1C[C@@H](SC(=O)OC(C)(C)C)C[C@H]1CNc1cccc2ccccc12.CC. The van der Waals surface area contributed by atoms with Crippen molar-refractivity contribution in [1.82, 2.24) is 4.90 Å². The minimum Gasteiger partial charge on any atom is -0.452 e. The van der Waals surface area contributed by atoms with Crippen molar-refractivity contribution in [2.24, 2.45) is 0 Å². The summed E-state index contributed by atoms with van der Waals surface area (Å²) in [5, 5.41) is 5.40. The summed E-state index contributed by atoms with van der Waals surface area (Å²) < 4.78 is 10.7. The van der Waals surface area contributed by atoms with Crippen LogP contribution in [-0.4, -0.2) is 52.9 Å². The number of thioether (sulfide) groups is 1. The molecular weight excluding hydrogens is 436 g/mol. The molecule has 2 atom stereocenters. The molecule has 0 aromatic heterocycles. The molecule has 1 N–H and O–H groups in total. The third kappa shape index (κ3) is 8.00. The van der Waals surface area contributed by atoms with Gasteiger partial charge >= 0.3 is 11.4 Å². The van der Waals surface area contributed by atoms with Gasteiger partial charge in [0.25, 0.3) is 0 Å². The summed E-state index contributed by atoms with van der Waals surface area (Å²) in [4.78, 5) is 26.6. The van der Waals surface area contributed by atoms with Gasteiger partial charge in [0.15, 0.2) is 0 Å². The summed E-state index contributed by atoms with van der Waals surface area (Å²) in [6, 6.07) is 14.2. The smallest absolute Gasteiger partial charge is 0.410 e. The Kier molecular flexibility index (Phi) is 10.1. The number of carbonyl (C=O) groups excluding carboxylic acids is 2. The number of hydrogen-bond donors (Lipinski definition) is 1. The standard InChI is InChI=1S/C24H30N2O4S.C2H6/c1-5-13-29-22(27)26-16-19(31-23(28)30-24(2,3)4)14-18(26)15-25-21-12-8-10-17-9-6-7-11-20(17)21;1-2/h5-12,18-19,25H,1,13-16H2,2-4H3;1-2H3/t18-,19-;/m0./s1. The lowest BCUT2D eigenvalue weighted by Crippen LogP contribution is -2.40. The highest BCUT2D eigenvalue weighted by Crippen LogP contribution is 2.31. The van der Waals surface area contributed by atoms with Gasteiger partial charge in [0.2, 0.25) is 0 Å². The van der Waals surface area contributed by atoms with E-state index in [-0.39, 0.29) is 23.2 Å². The maximum absolute atomic E-state index is 12.6. The zero-order valence-corrected chi connectivity index (χ0v) is 21.1. The van der Waals surface area contributed by atoms with E-state index in [0.29, 0.717) is 19.5 Å². The van der Waals surface area contributed by atoms with E-state index in [0.717, 1.165) is 28.2 Å². The van der Waals surface area contributed by atoms with E-state index in [1.54, 1.807) is 11.0 Å². The summed E-state index contributed by atoms with van der Waals surface area (Å²) in [5.74, 6) is 0.